The van der Waals surface area contributed by atoms with Crippen LogP contribution in [-0.2, 0) is 16.1 Å². The van der Waals surface area contributed by atoms with Gasteiger partial charge in [0.2, 0.25) is 5.91 Å². The summed E-state index contributed by atoms with van der Waals surface area (Å²) in [4.78, 5) is 11.5. The van der Waals surface area contributed by atoms with Crippen LogP contribution in [0.2, 0.25) is 0 Å². The molecule has 0 saturated heterocycles. The number of rotatable bonds is 9. The lowest BCUT2D eigenvalue weighted by Gasteiger charge is -2.11. The van der Waals surface area contributed by atoms with Crippen LogP contribution in [0, 0.1) is 0 Å². The minimum Gasteiger partial charge on any atom is -0.494 e. The molecule has 0 aromatic heterocycles. The summed E-state index contributed by atoms with van der Waals surface area (Å²) in [6.07, 6.45) is 0. The smallest absolute Gasteiger partial charge is 0.234 e. The number of hydrogen-bond donors (Lipinski definition) is 2. The summed E-state index contributed by atoms with van der Waals surface area (Å²) in [6, 6.07) is 7.81. The summed E-state index contributed by atoms with van der Waals surface area (Å²) >= 11 is 0. The molecule has 0 saturated carbocycles. The van der Waals surface area contributed by atoms with Gasteiger partial charge in [0, 0.05) is 25.8 Å². The lowest BCUT2D eigenvalue weighted by Crippen LogP contribution is -2.35. The number of carbonyl (C=O) groups excluding carboxylic acids is 1. The van der Waals surface area contributed by atoms with Crippen LogP contribution in [0.15, 0.2) is 24.3 Å². The fourth-order valence-corrected chi connectivity index (χ4v) is 1.61. The Bertz CT molecular complexity index is 383. The molecule has 0 unspecified atom stereocenters. The van der Waals surface area contributed by atoms with Crippen molar-refractivity contribution in [1.82, 2.24) is 10.6 Å². The molecule has 1 amide bonds. The Kier molecular flexibility index (Phi) is 7.62. The van der Waals surface area contributed by atoms with E-state index >= 15 is 0 Å². The van der Waals surface area contributed by atoms with E-state index in [2.05, 4.69) is 10.6 Å². The van der Waals surface area contributed by atoms with E-state index in [1.54, 1.807) is 7.11 Å². The number of para-hydroxylation sites is 1. The number of methoxy groups -OCH3 is 1. The van der Waals surface area contributed by atoms with E-state index in [9.17, 15) is 4.79 Å². The summed E-state index contributed by atoms with van der Waals surface area (Å²) in [5.74, 6) is 0.822. The third kappa shape index (κ3) is 6.22. The molecule has 0 fully saturated rings. The Morgan fingerprint density at radius 1 is 1.32 bits per heavy atom. The average Bonchev–Trinajstić information content (AvgIpc) is 2.41. The Hall–Kier alpha value is -1.59. The predicted octanol–water partition coefficient (Wildman–Crippen LogP) is 0.937. The maximum absolute atomic E-state index is 11.5. The van der Waals surface area contributed by atoms with Gasteiger partial charge >= 0.3 is 0 Å². The molecule has 0 aliphatic heterocycles. The molecule has 19 heavy (non-hydrogen) atoms. The highest BCUT2D eigenvalue weighted by atomic mass is 16.5. The first kappa shape index (κ1) is 15.5. The number of amides is 1. The van der Waals surface area contributed by atoms with Crippen molar-refractivity contribution in [2.45, 2.75) is 13.5 Å². The molecule has 1 rings (SSSR count). The van der Waals surface area contributed by atoms with Crippen molar-refractivity contribution < 1.29 is 14.3 Å². The van der Waals surface area contributed by atoms with Gasteiger partial charge in [0.25, 0.3) is 0 Å². The van der Waals surface area contributed by atoms with Crippen LogP contribution in [0.1, 0.15) is 12.5 Å². The number of benzene rings is 1. The predicted molar refractivity (Wildman–Crippen MR) is 74.2 cm³/mol. The van der Waals surface area contributed by atoms with Gasteiger partial charge in [-0.25, -0.2) is 0 Å². The molecule has 0 atom stereocenters. The van der Waals surface area contributed by atoms with Gasteiger partial charge < -0.3 is 20.1 Å². The van der Waals surface area contributed by atoms with Gasteiger partial charge in [0.05, 0.1) is 19.8 Å². The third-order valence-electron chi connectivity index (χ3n) is 2.50. The zero-order valence-corrected chi connectivity index (χ0v) is 11.6. The molecule has 0 bridgehead atoms. The Balaban J connectivity index is 2.30. The van der Waals surface area contributed by atoms with Crippen LogP contribution in [0.25, 0.3) is 0 Å². The standard InChI is InChI=1S/C14H22N2O3/c1-3-19-13-7-5-4-6-12(13)10-15-11-14(17)16-8-9-18-2/h4-7,15H,3,8-11H2,1-2H3,(H,16,17). The maximum Gasteiger partial charge on any atom is 0.234 e. The third-order valence-corrected chi connectivity index (χ3v) is 2.50. The van der Waals surface area contributed by atoms with Crippen LogP contribution in [0.3, 0.4) is 0 Å². The molecule has 5 heteroatoms. The Labute approximate surface area is 114 Å². The molecular weight excluding hydrogens is 244 g/mol. The van der Waals surface area contributed by atoms with Crippen molar-refractivity contribution >= 4 is 5.91 Å². The lowest BCUT2D eigenvalue weighted by molar-refractivity contribution is -0.120. The van der Waals surface area contributed by atoms with Crippen LogP contribution >= 0.6 is 0 Å². The second-order valence-electron chi connectivity index (χ2n) is 3.99. The normalized spacial score (nSPS) is 10.2. The fourth-order valence-electron chi connectivity index (χ4n) is 1.61. The quantitative estimate of drug-likeness (QED) is 0.653. The van der Waals surface area contributed by atoms with Crippen molar-refractivity contribution in [3.05, 3.63) is 29.8 Å². The Morgan fingerprint density at radius 2 is 2.11 bits per heavy atom. The minimum absolute atomic E-state index is 0.0362. The van der Waals surface area contributed by atoms with Gasteiger partial charge in [-0.15, -0.1) is 0 Å². The molecule has 2 N–H and O–H groups in total. The highest BCUT2D eigenvalue weighted by molar-refractivity contribution is 5.77. The molecule has 1 aromatic rings. The summed E-state index contributed by atoms with van der Waals surface area (Å²) in [7, 11) is 1.61. The van der Waals surface area contributed by atoms with Crippen molar-refractivity contribution in [3.63, 3.8) is 0 Å². The number of nitrogens with one attached hydrogen (secondary N) is 2. The van der Waals surface area contributed by atoms with Crippen molar-refractivity contribution in [2.24, 2.45) is 0 Å². The fraction of sp³-hybridized carbons (Fsp3) is 0.500. The lowest BCUT2D eigenvalue weighted by atomic mass is 10.2. The van der Waals surface area contributed by atoms with E-state index in [1.165, 1.54) is 0 Å². The second-order valence-corrected chi connectivity index (χ2v) is 3.99. The van der Waals surface area contributed by atoms with Crippen molar-refractivity contribution in [2.75, 3.05) is 33.4 Å². The number of ether oxygens (including phenoxy) is 2. The second kappa shape index (κ2) is 9.35. The SMILES string of the molecule is CCOc1ccccc1CNCC(=O)NCCOC. The van der Waals surface area contributed by atoms with E-state index in [-0.39, 0.29) is 12.5 Å². The van der Waals surface area contributed by atoms with E-state index in [4.69, 9.17) is 9.47 Å². The molecule has 0 heterocycles. The van der Waals surface area contributed by atoms with E-state index in [1.807, 2.05) is 31.2 Å². The topological polar surface area (TPSA) is 59.6 Å². The molecule has 0 aliphatic carbocycles. The molecular formula is C14H22N2O3. The zero-order valence-electron chi connectivity index (χ0n) is 11.6. The van der Waals surface area contributed by atoms with E-state index in [0.717, 1.165) is 11.3 Å². The largest absolute Gasteiger partial charge is 0.494 e. The zero-order chi connectivity index (χ0) is 13.9. The van der Waals surface area contributed by atoms with Gasteiger partial charge in [-0.2, -0.15) is 0 Å². The molecule has 0 aliphatic rings. The van der Waals surface area contributed by atoms with Crippen LogP contribution < -0.4 is 15.4 Å². The van der Waals surface area contributed by atoms with Crippen LogP contribution in [-0.4, -0.2) is 39.3 Å². The van der Waals surface area contributed by atoms with Crippen LogP contribution in [0.5, 0.6) is 5.75 Å². The van der Waals surface area contributed by atoms with E-state index < -0.39 is 0 Å². The van der Waals surface area contributed by atoms with Crippen molar-refractivity contribution in [3.8, 4) is 5.75 Å². The summed E-state index contributed by atoms with van der Waals surface area (Å²) in [5.41, 5.74) is 1.05. The van der Waals surface area contributed by atoms with E-state index in [0.29, 0.717) is 26.3 Å². The molecule has 5 nitrogen and oxygen atoms in total. The molecule has 0 radical (unpaired) electrons. The average molecular weight is 266 g/mol. The van der Waals surface area contributed by atoms with Crippen LogP contribution in [0.4, 0.5) is 0 Å². The summed E-state index contributed by atoms with van der Waals surface area (Å²) < 4.78 is 10.4. The summed E-state index contributed by atoms with van der Waals surface area (Å²) in [5, 5.41) is 5.85. The highest BCUT2D eigenvalue weighted by Gasteiger charge is 2.03. The highest BCUT2D eigenvalue weighted by Crippen LogP contribution is 2.17. The van der Waals surface area contributed by atoms with Crippen molar-refractivity contribution in [1.29, 1.82) is 0 Å². The monoisotopic (exact) mass is 266 g/mol. The summed E-state index contributed by atoms with van der Waals surface area (Å²) in [6.45, 7) is 4.53. The first-order valence-corrected chi connectivity index (χ1v) is 6.45. The first-order chi connectivity index (χ1) is 9.27. The number of carbonyl (C=O) groups is 1. The first-order valence-electron chi connectivity index (χ1n) is 6.45. The minimum atomic E-state index is -0.0362. The molecule has 106 valence electrons. The maximum atomic E-state index is 11.5. The number of hydrogen-bond acceptors (Lipinski definition) is 4. The van der Waals surface area contributed by atoms with Gasteiger partial charge in [0.1, 0.15) is 5.75 Å². The van der Waals surface area contributed by atoms with Gasteiger partial charge in [-0.05, 0) is 13.0 Å². The van der Waals surface area contributed by atoms with Gasteiger partial charge in [-0.1, -0.05) is 18.2 Å². The Morgan fingerprint density at radius 3 is 2.84 bits per heavy atom. The van der Waals surface area contributed by atoms with Gasteiger partial charge in [-0.3, -0.25) is 4.79 Å². The molecule has 0 spiro atoms. The van der Waals surface area contributed by atoms with Gasteiger partial charge in [0.15, 0.2) is 0 Å². The molecule has 1 aromatic carbocycles.